The van der Waals surface area contributed by atoms with E-state index in [-0.39, 0.29) is 22.2 Å². The summed E-state index contributed by atoms with van der Waals surface area (Å²) in [6, 6.07) is 0. The Balaban J connectivity index is 0.000000352. The molecule has 0 aliphatic heterocycles. The Morgan fingerprint density at radius 2 is 1.39 bits per heavy atom. The van der Waals surface area contributed by atoms with E-state index in [1.165, 1.54) is 96.6 Å². The van der Waals surface area contributed by atoms with E-state index >= 15 is 0 Å². The van der Waals surface area contributed by atoms with Crippen molar-refractivity contribution in [3.63, 3.8) is 0 Å². The number of hydrogen-bond donors (Lipinski definition) is 1. The van der Waals surface area contributed by atoms with Gasteiger partial charge in [0.25, 0.3) is 0 Å². The third kappa shape index (κ3) is 11.0. The quantitative estimate of drug-likeness (QED) is 0.287. The van der Waals surface area contributed by atoms with E-state index in [0.29, 0.717) is 11.2 Å². The van der Waals surface area contributed by atoms with E-state index in [4.69, 9.17) is 0 Å². The third-order valence-electron chi connectivity index (χ3n) is 8.00. The van der Waals surface area contributed by atoms with Crippen molar-refractivity contribution in [1.29, 1.82) is 0 Å². The average Bonchev–Trinajstić information content (AvgIpc) is 3.24. The van der Waals surface area contributed by atoms with Crippen molar-refractivity contribution in [3.8, 4) is 0 Å². The number of rotatable bonds is 10. The van der Waals surface area contributed by atoms with Crippen LogP contribution in [0.4, 0.5) is 0 Å². The molecule has 0 spiro atoms. The molecule has 2 aromatic rings. The van der Waals surface area contributed by atoms with E-state index in [9.17, 15) is 14.7 Å². The second-order valence-electron chi connectivity index (χ2n) is 11.7. The fourth-order valence-electron chi connectivity index (χ4n) is 5.48. The van der Waals surface area contributed by atoms with Crippen LogP contribution < -0.4 is 11.2 Å². The second-order valence-corrected chi connectivity index (χ2v) is 13.3. The number of unbranched alkanes of at least 4 members (excludes halogenated alkanes) is 5. The van der Waals surface area contributed by atoms with Crippen LogP contribution in [0.2, 0.25) is 0 Å². The minimum atomic E-state index is -0.284. The van der Waals surface area contributed by atoms with E-state index in [0.717, 1.165) is 50.9 Å². The Morgan fingerprint density at radius 1 is 0.895 bits per heavy atom. The predicted molar refractivity (Wildman–Crippen MR) is 162 cm³/mol. The van der Waals surface area contributed by atoms with Gasteiger partial charge in [-0.15, -0.1) is 0 Å². The number of fused-ring (bicyclic) bond motifs is 1. The topological polar surface area (TPSA) is 82.1 Å². The predicted octanol–water partition coefficient (Wildman–Crippen LogP) is 5.60. The molecule has 0 aromatic carbocycles. The number of aliphatic hydroxyl groups excluding tert-OH is 1. The summed E-state index contributed by atoms with van der Waals surface area (Å²) >= 11 is 1.41. The summed E-state index contributed by atoms with van der Waals surface area (Å²) in [5.74, 6) is 1.00. The van der Waals surface area contributed by atoms with Gasteiger partial charge in [-0.25, -0.2) is 0 Å². The van der Waals surface area contributed by atoms with Crippen LogP contribution in [-0.2, 0) is 14.1 Å². The van der Waals surface area contributed by atoms with Crippen molar-refractivity contribution in [2.75, 3.05) is 0 Å². The van der Waals surface area contributed by atoms with Gasteiger partial charge in [0.15, 0.2) is 0 Å². The molecule has 8 heteroatoms. The standard InChI is InChI=1S/C18H31AsN4O3.C12H24/c1-13(24)10-8-6-4-5-7-9-11-14(19)23-17(25)15-16(20-12-21(15)2)22(3)18(23)26;1-12-10-8-6-4-2-3-5-7-9-11-12/h12-14,24H,4-11,19H2,1-3H3;12H,2-11H2,1H3. The number of aliphatic hydroxyl groups is 1. The number of nitrogens with zero attached hydrogens (tertiary/aromatic N) is 4. The molecule has 7 nitrogen and oxygen atoms in total. The number of hydrogen-bond acceptors (Lipinski definition) is 4. The largest absolute Gasteiger partial charge is 0.0625 e. The van der Waals surface area contributed by atoms with Crippen LogP contribution in [0.3, 0.4) is 0 Å². The van der Waals surface area contributed by atoms with Crippen molar-refractivity contribution in [1.82, 2.24) is 18.7 Å². The summed E-state index contributed by atoms with van der Waals surface area (Å²) in [5, 5.41) is 9.24. The molecule has 2 heterocycles. The van der Waals surface area contributed by atoms with Crippen LogP contribution in [0.1, 0.15) is 134 Å². The summed E-state index contributed by atoms with van der Waals surface area (Å²) in [5.41, 5.74) is 0.396. The van der Waals surface area contributed by atoms with Crippen molar-refractivity contribution in [3.05, 3.63) is 27.2 Å². The first-order valence-corrected chi connectivity index (χ1v) is 16.7. The van der Waals surface area contributed by atoms with Crippen LogP contribution >= 0.6 is 0 Å². The zero-order valence-corrected chi connectivity index (χ0v) is 27.1. The molecule has 1 aliphatic carbocycles. The van der Waals surface area contributed by atoms with Crippen LogP contribution in [0, 0.1) is 5.92 Å². The van der Waals surface area contributed by atoms with Crippen molar-refractivity contribution >= 4 is 28.0 Å². The van der Waals surface area contributed by atoms with E-state index in [2.05, 4.69) is 11.9 Å². The molecule has 2 aromatic heterocycles. The van der Waals surface area contributed by atoms with Crippen LogP contribution in [0.15, 0.2) is 15.9 Å². The fraction of sp³-hybridized carbons (Fsp3) is 0.833. The number of aryl methyl sites for hydroxylation is 2. The van der Waals surface area contributed by atoms with Gasteiger partial charge >= 0.3 is 162 Å². The van der Waals surface area contributed by atoms with Crippen molar-refractivity contribution < 1.29 is 5.11 Å². The fourth-order valence-corrected chi connectivity index (χ4v) is 6.52. The number of aromatic nitrogens is 4. The molecular formula is C30H55AsN4O3. The summed E-state index contributed by atoms with van der Waals surface area (Å²) in [4.78, 5) is 29.4. The van der Waals surface area contributed by atoms with Crippen LogP contribution in [0.25, 0.3) is 11.2 Å². The van der Waals surface area contributed by atoms with Gasteiger partial charge in [-0.2, -0.15) is 0 Å². The number of imidazole rings is 1. The summed E-state index contributed by atoms with van der Waals surface area (Å²) in [7, 11) is 3.44. The first-order chi connectivity index (χ1) is 18.2. The van der Waals surface area contributed by atoms with Gasteiger partial charge in [0.05, 0.1) is 0 Å². The van der Waals surface area contributed by atoms with E-state index in [1.807, 2.05) is 6.92 Å². The van der Waals surface area contributed by atoms with Gasteiger partial charge in [-0.3, -0.25) is 0 Å². The smallest absolute Gasteiger partial charge is 0.0443 e. The molecule has 0 saturated heterocycles. The van der Waals surface area contributed by atoms with Gasteiger partial charge in [0, 0.05) is 0 Å². The molecule has 0 bridgehead atoms. The summed E-state index contributed by atoms with van der Waals surface area (Å²) in [6.07, 6.45) is 24.7. The summed E-state index contributed by atoms with van der Waals surface area (Å²) in [6.45, 7) is 4.26. The van der Waals surface area contributed by atoms with Gasteiger partial charge < -0.3 is 0 Å². The Morgan fingerprint density at radius 3 is 1.95 bits per heavy atom. The minimum Gasteiger partial charge on any atom is -0.0625 e. The van der Waals surface area contributed by atoms with Gasteiger partial charge in [0.1, 0.15) is 0 Å². The first-order valence-electron chi connectivity index (χ1n) is 15.3. The molecule has 1 saturated carbocycles. The van der Waals surface area contributed by atoms with E-state index in [1.54, 1.807) is 25.0 Å². The molecule has 218 valence electrons. The monoisotopic (exact) mass is 594 g/mol. The zero-order valence-electron chi connectivity index (χ0n) is 24.7. The normalized spacial score (nSPS) is 17.4. The first kappa shape index (κ1) is 32.9. The Kier molecular flexibility index (Phi) is 15.7. The molecule has 1 N–H and O–H groups in total. The summed E-state index contributed by atoms with van der Waals surface area (Å²) < 4.78 is 4.54. The zero-order chi connectivity index (χ0) is 27.9. The molecule has 3 unspecified atom stereocenters. The Bertz CT molecular complexity index is 1030. The van der Waals surface area contributed by atoms with Crippen molar-refractivity contribution in [2.45, 2.75) is 140 Å². The van der Waals surface area contributed by atoms with Gasteiger partial charge in [0.2, 0.25) is 0 Å². The molecule has 1 fully saturated rings. The average molecular weight is 595 g/mol. The molecular weight excluding hydrogens is 539 g/mol. The molecule has 3 rings (SSSR count). The van der Waals surface area contributed by atoms with Crippen molar-refractivity contribution in [2.24, 2.45) is 20.0 Å². The van der Waals surface area contributed by atoms with Gasteiger partial charge in [-0.1, -0.05) is 71.1 Å². The minimum absolute atomic E-state index is 0.0664. The Hall–Kier alpha value is -1.33. The van der Waals surface area contributed by atoms with Gasteiger partial charge in [-0.05, 0) is 5.92 Å². The second kappa shape index (κ2) is 18.1. The maximum absolute atomic E-state index is 12.8. The molecule has 0 radical (unpaired) electrons. The van der Waals surface area contributed by atoms with Crippen LogP contribution in [-0.4, -0.2) is 46.7 Å². The van der Waals surface area contributed by atoms with E-state index < -0.39 is 0 Å². The Labute approximate surface area is 238 Å². The molecule has 1 aliphatic rings. The maximum atomic E-state index is 12.8. The molecule has 38 heavy (non-hydrogen) atoms. The van der Waals surface area contributed by atoms with Crippen LogP contribution in [0.5, 0.6) is 0 Å². The SMILES string of the molecule is CC(O)CCCCCCCCC([AsH2])n1c(=O)c2c(ncn2C)n(C)c1=O.CC1CCCCCCCCCC1. The maximum Gasteiger partial charge on any atom is -0.0443 e. The third-order valence-corrected chi connectivity index (χ3v) is 9.32. The molecule has 0 amide bonds. The molecule has 3 atom stereocenters.